The number of hydrogen-bond donors (Lipinski definition) is 1. The van der Waals surface area contributed by atoms with Gasteiger partial charge in [0.15, 0.2) is 0 Å². The van der Waals surface area contributed by atoms with Gasteiger partial charge in [0.2, 0.25) is 0 Å². The highest BCUT2D eigenvalue weighted by molar-refractivity contribution is 6.05. The maximum absolute atomic E-state index is 12.8. The first kappa shape index (κ1) is 16.0. The third kappa shape index (κ3) is 3.23. The van der Waals surface area contributed by atoms with Crippen LogP contribution in [0.5, 0.6) is 0 Å². The van der Waals surface area contributed by atoms with Gasteiger partial charge >= 0.3 is 0 Å². The molecule has 0 spiro atoms. The lowest BCUT2D eigenvalue weighted by Gasteiger charge is -2.28. The third-order valence-electron chi connectivity index (χ3n) is 4.30. The van der Waals surface area contributed by atoms with E-state index in [9.17, 15) is 4.79 Å². The SMILES string of the molecule is CC(C)(c1ccccc1)c1ccccc1C(=O)Nc1[c]cccc1. The van der Waals surface area contributed by atoms with E-state index >= 15 is 0 Å². The molecule has 0 saturated carbocycles. The second-order valence-corrected chi connectivity index (χ2v) is 6.27. The monoisotopic (exact) mass is 314 g/mol. The Hall–Kier alpha value is -2.87. The first-order chi connectivity index (χ1) is 11.6. The Morgan fingerprint density at radius 1 is 0.875 bits per heavy atom. The van der Waals surface area contributed by atoms with Crippen molar-refractivity contribution < 1.29 is 4.79 Å². The normalized spacial score (nSPS) is 11.1. The van der Waals surface area contributed by atoms with Crippen molar-refractivity contribution in [2.75, 3.05) is 5.32 Å². The van der Waals surface area contributed by atoms with Gasteiger partial charge in [-0.2, -0.15) is 0 Å². The van der Waals surface area contributed by atoms with Crippen LogP contribution < -0.4 is 5.32 Å². The molecule has 0 bridgehead atoms. The molecular weight excluding hydrogens is 294 g/mol. The molecule has 0 atom stereocenters. The number of rotatable bonds is 4. The van der Waals surface area contributed by atoms with Gasteiger partial charge in [0.05, 0.1) is 0 Å². The van der Waals surface area contributed by atoms with Gasteiger partial charge in [0.25, 0.3) is 5.91 Å². The third-order valence-corrected chi connectivity index (χ3v) is 4.30. The highest BCUT2D eigenvalue weighted by atomic mass is 16.1. The van der Waals surface area contributed by atoms with Crippen LogP contribution in [0.1, 0.15) is 35.3 Å². The second kappa shape index (κ2) is 6.71. The van der Waals surface area contributed by atoms with Gasteiger partial charge in [-0.3, -0.25) is 4.79 Å². The number of benzene rings is 3. The minimum absolute atomic E-state index is 0.114. The molecule has 1 amide bonds. The topological polar surface area (TPSA) is 29.1 Å². The fraction of sp³-hybridized carbons (Fsp3) is 0.136. The molecule has 119 valence electrons. The lowest BCUT2D eigenvalue weighted by atomic mass is 9.76. The Kier molecular flexibility index (Phi) is 4.48. The molecule has 0 saturated heterocycles. The van der Waals surface area contributed by atoms with Gasteiger partial charge < -0.3 is 5.32 Å². The van der Waals surface area contributed by atoms with Crippen molar-refractivity contribution in [2.24, 2.45) is 0 Å². The van der Waals surface area contributed by atoms with E-state index in [1.54, 1.807) is 6.07 Å². The number of amides is 1. The highest BCUT2D eigenvalue weighted by Crippen LogP contribution is 2.33. The molecule has 3 aromatic carbocycles. The number of carbonyl (C=O) groups is 1. The van der Waals surface area contributed by atoms with Gasteiger partial charge in [-0.15, -0.1) is 0 Å². The van der Waals surface area contributed by atoms with E-state index in [4.69, 9.17) is 0 Å². The summed E-state index contributed by atoms with van der Waals surface area (Å²) in [5, 5.41) is 2.93. The lowest BCUT2D eigenvalue weighted by molar-refractivity contribution is 0.102. The van der Waals surface area contributed by atoms with Gasteiger partial charge in [0.1, 0.15) is 0 Å². The van der Waals surface area contributed by atoms with Gasteiger partial charge in [0, 0.05) is 22.7 Å². The smallest absolute Gasteiger partial charge is 0.255 e. The van der Waals surface area contributed by atoms with Gasteiger partial charge in [-0.25, -0.2) is 0 Å². The standard InChI is InChI=1S/C22H20NO/c1-22(2,17-11-5-3-6-12-17)20-16-10-9-15-19(20)21(24)23-18-13-7-4-8-14-18/h3-13,15-16H,1-2H3,(H,23,24). The predicted molar refractivity (Wildman–Crippen MR) is 98.2 cm³/mol. The molecule has 1 radical (unpaired) electrons. The van der Waals surface area contributed by atoms with Crippen LogP contribution in [0.25, 0.3) is 0 Å². The number of carbonyl (C=O) groups excluding carboxylic acids is 1. The Labute approximate surface area is 143 Å². The summed E-state index contributed by atoms with van der Waals surface area (Å²) in [6.45, 7) is 4.28. The van der Waals surface area contributed by atoms with E-state index in [0.717, 1.165) is 5.56 Å². The maximum atomic E-state index is 12.8. The molecule has 0 unspecified atom stereocenters. The van der Waals surface area contributed by atoms with Crippen molar-refractivity contribution in [3.63, 3.8) is 0 Å². The van der Waals surface area contributed by atoms with Crippen LogP contribution in [0, 0.1) is 6.07 Å². The molecular formula is C22H20NO. The lowest BCUT2D eigenvalue weighted by Crippen LogP contribution is -2.24. The van der Waals surface area contributed by atoms with Crippen molar-refractivity contribution in [2.45, 2.75) is 19.3 Å². The fourth-order valence-electron chi connectivity index (χ4n) is 2.90. The zero-order chi connectivity index (χ0) is 17.0. The summed E-state index contributed by atoms with van der Waals surface area (Å²) in [6, 6.07) is 28.4. The Balaban J connectivity index is 1.98. The largest absolute Gasteiger partial charge is 0.321 e. The van der Waals surface area contributed by atoms with Crippen LogP contribution in [0.4, 0.5) is 5.69 Å². The van der Waals surface area contributed by atoms with E-state index < -0.39 is 0 Å². The average Bonchev–Trinajstić information content (AvgIpc) is 2.63. The Bertz CT molecular complexity index is 823. The van der Waals surface area contributed by atoms with E-state index in [2.05, 4.69) is 37.4 Å². The van der Waals surface area contributed by atoms with Crippen molar-refractivity contribution in [3.05, 3.63) is 102 Å². The fourth-order valence-corrected chi connectivity index (χ4v) is 2.90. The molecule has 0 aliphatic carbocycles. The van der Waals surface area contributed by atoms with Crippen LogP contribution in [0.2, 0.25) is 0 Å². The predicted octanol–water partition coefficient (Wildman–Crippen LogP) is 5.06. The second-order valence-electron chi connectivity index (χ2n) is 6.27. The molecule has 3 aromatic rings. The van der Waals surface area contributed by atoms with E-state index in [1.807, 2.05) is 60.7 Å². The minimum atomic E-state index is -0.268. The van der Waals surface area contributed by atoms with Crippen molar-refractivity contribution >= 4 is 11.6 Å². The molecule has 0 aliphatic rings. The first-order valence-corrected chi connectivity index (χ1v) is 8.02. The van der Waals surface area contributed by atoms with E-state index in [0.29, 0.717) is 11.3 Å². The number of para-hydroxylation sites is 1. The van der Waals surface area contributed by atoms with Gasteiger partial charge in [-0.1, -0.05) is 80.6 Å². The molecule has 2 nitrogen and oxygen atoms in total. The highest BCUT2D eigenvalue weighted by Gasteiger charge is 2.27. The van der Waals surface area contributed by atoms with Crippen molar-refractivity contribution in [1.29, 1.82) is 0 Å². The molecule has 0 heterocycles. The molecule has 24 heavy (non-hydrogen) atoms. The van der Waals surface area contributed by atoms with Crippen LogP contribution in [0.15, 0.2) is 78.9 Å². The van der Waals surface area contributed by atoms with Crippen LogP contribution >= 0.6 is 0 Å². The van der Waals surface area contributed by atoms with E-state index in [1.165, 1.54) is 5.56 Å². The molecule has 3 rings (SSSR count). The summed E-state index contributed by atoms with van der Waals surface area (Å²) in [5.74, 6) is -0.114. The average molecular weight is 314 g/mol. The Morgan fingerprint density at radius 3 is 2.25 bits per heavy atom. The summed E-state index contributed by atoms with van der Waals surface area (Å²) in [6.07, 6.45) is 0. The summed E-state index contributed by atoms with van der Waals surface area (Å²) in [4.78, 5) is 12.8. The van der Waals surface area contributed by atoms with Gasteiger partial charge in [-0.05, 0) is 23.3 Å². The first-order valence-electron chi connectivity index (χ1n) is 8.02. The zero-order valence-electron chi connectivity index (χ0n) is 13.9. The molecule has 0 aliphatic heterocycles. The maximum Gasteiger partial charge on any atom is 0.255 e. The molecule has 0 fully saturated rings. The summed E-state index contributed by atoms with van der Waals surface area (Å²) in [7, 11) is 0. The summed E-state index contributed by atoms with van der Waals surface area (Å²) in [5.41, 5.74) is 3.27. The van der Waals surface area contributed by atoms with Crippen molar-refractivity contribution in [1.82, 2.24) is 0 Å². The van der Waals surface area contributed by atoms with Crippen molar-refractivity contribution in [3.8, 4) is 0 Å². The van der Waals surface area contributed by atoms with Crippen LogP contribution in [-0.4, -0.2) is 5.91 Å². The zero-order valence-corrected chi connectivity index (χ0v) is 13.9. The van der Waals surface area contributed by atoms with Crippen LogP contribution in [-0.2, 0) is 5.41 Å². The Morgan fingerprint density at radius 2 is 1.54 bits per heavy atom. The summed E-state index contributed by atoms with van der Waals surface area (Å²) >= 11 is 0. The number of nitrogens with one attached hydrogen (secondary N) is 1. The summed E-state index contributed by atoms with van der Waals surface area (Å²) < 4.78 is 0. The molecule has 1 N–H and O–H groups in total. The number of hydrogen-bond acceptors (Lipinski definition) is 1. The quantitative estimate of drug-likeness (QED) is 0.716. The minimum Gasteiger partial charge on any atom is -0.321 e. The number of anilines is 1. The van der Waals surface area contributed by atoms with E-state index in [-0.39, 0.29) is 11.3 Å². The molecule has 2 heteroatoms. The van der Waals surface area contributed by atoms with Crippen LogP contribution in [0.3, 0.4) is 0 Å². The molecule has 0 aromatic heterocycles.